The molecule has 2 heterocycles. The van der Waals surface area contributed by atoms with Crippen LogP contribution in [0.25, 0.3) is 0 Å². The second kappa shape index (κ2) is 5.08. The van der Waals surface area contributed by atoms with Crippen molar-refractivity contribution in [2.24, 2.45) is 0 Å². The van der Waals surface area contributed by atoms with Crippen LogP contribution in [-0.4, -0.2) is 46.2 Å². The lowest BCUT2D eigenvalue weighted by Crippen LogP contribution is -2.34. The standard InChI is InChI=1S/C14H18N6O/c1-18(2)14(21)10-3-4-11(15)12(7-10)19-5-6-20-9-16-17-13(20)8-19/h3-4,7,9H,5-6,8,15H2,1-2H3. The maximum absolute atomic E-state index is 12.1. The molecular weight excluding hydrogens is 268 g/mol. The van der Waals surface area contributed by atoms with Crippen molar-refractivity contribution < 1.29 is 4.79 Å². The van der Waals surface area contributed by atoms with Crippen LogP contribution in [0.4, 0.5) is 11.4 Å². The van der Waals surface area contributed by atoms with E-state index in [1.807, 2.05) is 10.6 Å². The van der Waals surface area contributed by atoms with Crippen molar-refractivity contribution in [3.63, 3.8) is 0 Å². The SMILES string of the molecule is CN(C)C(=O)c1ccc(N)c(N2CCn3cnnc3C2)c1. The Morgan fingerprint density at radius 2 is 2.14 bits per heavy atom. The Labute approximate surface area is 123 Å². The summed E-state index contributed by atoms with van der Waals surface area (Å²) in [5.41, 5.74) is 8.26. The average molecular weight is 286 g/mol. The summed E-state index contributed by atoms with van der Waals surface area (Å²) in [6.45, 7) is 2.27. The van der Waals surface area contributed by atoms with Gasteiger partial charge < -0.3 is 20.1 Å². The Kier molecular flexibility index (Phi) is 3.25. The van der Waals surface area contributed by atoms with Gasteiger partial charge in [-0.15, -0.1) is 10.2 Å². The van der Waals surface area contributed by atoms with Crippen molar-refractivity contribution in [2.75, 3.05) is 31.3 Å². The van der Waals surface area contributed by atoms with Crippen LogP contribution < -0.4 is 10.6 Å². The minimum atomic E-state index is -0.0311. The summed E-state index contributed by atoms with van der Waals surface area (Å²) in [5.74, 6) is 0.876. The molecule has 0 fully saturated rings. The molecule has 2 N–H and O–H groups in total. The van der Waals surface area contributed by atoms with E-state index in [4.69, 9.17) is 5.73 Å². The maximum atomic E-state index is 12.1. The summed E-state index contributed by atoms with van der Waals surface area (Å²) in [6, 6.07) is 5.39. The van der Waals surface area contributed by atoms with Gasteiger partial charge in [0.2, 0.25) is 0 Å². The van der Waals surface area contributed by atoms with Crippen LogP contribution in [0.2, 0.25) is 0 Å². The van der Waals surface area contributed by atoms with Crippen molar-refractivity contribution in [3.8, 4) is 0 Å². The lowest BCUT2D eigenvalue weighted by Gasteiger charge is -2.30. The van der Waals surface area contributed by atoms with Gasteiger partial charge in [-0.2, -0.15) is 0 Å². The lowest BCUT2D eigenvalue weighted by atomic mass is 10.1. The zero-order chi connectivity index (χ0) is 15.0. The topological polar surface area (TPSA) is 80.3 Å². The fourth-order valence-corrected chi connectivity index (χ4v) is 2.48. The molecule has 3 rings (SSSR count). The number of fused-ring (bicyclic) bond motifs is 1. The van der Waals surface area contributed by atoms with Crippen LogP contribution in [-0.2, 0) is 13.1 Å². The summed E-state index contributed by atoms with van der Waals surface area (Å²) in [7, 11) is 3.48. The van der Waals surface area contributed by atoms with Gasteiger partial charge in [-0.3, -0.25) is 4.79 Å². The van der Waals surface area contributed by atoms with E-state index < -0.39 is 0 Å². The van der Waals surface area contributed by atoms with Crippen molar-refractivity contribution in [2.45, 2.75) is 13.1 Å². The molecule has 0 saturated heterocycles. The number of anilines is 2. The summed E-state index contributed by atoms with van der Waals surface area (Å²) in [6.07, 6.45) is 1.74. The summed E-state index contributed by atoms with van der Waals surface area (Å²) in [5, 5.41) is 8.02. The van der Waals surface area contributed by atoms with Gasteiger partial charge in [-0.25, -0.2) is 0 Å². The number of hydrogen-bond donors (Lipinski definition) is 1. The highest BCUT2D eigenvalue weighted by Gasteiger charge is 2.20. The molecule has 0 unspecified atom stereocenters. The third-order valence-corrected chi connectivity index (χ3v) is 3.66. The molecule has 0 saturated carbocycles. The summed E-state index contributed by atoms with van der Waals surface area (Å²) < 4.78 is 2.03. The molecule has 7 nitrogen and oxygen atoms in total. The molecule has 1 aliphatic rings. The molecule has 21 heavy (non-hydrogen) atoms. The first-order valence-corrected chi connectivity index (χ1v) is 6.79. The van der Waals surface area contributed by atoms with Crippen LogP contribution in [0, 0.1) is 0 Å². The monoisotopic (exact) mass is 286 g/mol. The number of carbonyl (C=O) groups excluding carboxylic acids is 1. The van der Waals surface area contributed by atoms with Gasteiger partial charge in [0.1, 0.15) is 6.33 Å². The number of aromatic nitrogens is 3. The zero-order valence-electron chi connectivity index (χ0n) is 12.2. The van der Waals surface area contributed by atoms with Gasteiger partial charge in [0.15, 0.2) is 5.82 Å². The molecule has 1 amide bonds. The molecule has 1 aromatic heterocycles. The number of carbonyl (C=O) groups is 1. The second-order valence-corrected chi connectivity index (χ2v) is 5.34. The Balaban J connectivity index is 1.92. The Hall–Kier alpha value is -2.57. The van der Waals surface area contributed by atoms with E-state index in [9.17, 15) is 4.79 Å². The van der Waals surface area contributed by atoms with E-state index in [0.717, 1.165) is 24.6 Å². The van der Waals surface area contributed by atoms with E-state index in [2.05, 4.69) is 15.1 Å². The molecule has 110 valence electrons. The van der Waals surface area contributed by atoms with Gasteiger partial charge >= 0.3 is 0 Å². The van der Waals surface area contributed by atoms with Gasteiger partial charge in [0.05, 0.1) is 17.9 Å². The van der Waals surface area contributed by atoms with Crippen LogP contribution >= 0.6 is 0 Å². The van der Waals surface area contributed by atoms with Crippen LogP contribution in [0.1, 0.15) is 16.2 Å². The molecule has 0 radical (unpaired) electrons. The molecule has 2 aromatic rings. The predicted molar refractivity (Wildman–Crippen MR) is 79.9 cm³/mol. The normalized spacial score (nSPS) is 13.9. The molecule has 1 aromatic carbocycles. The van der Waals surface area contributed by atoms with E-state index in [1.165, 1.54) is 0 Å². The first-order chi connectivity index (χ1) is 10.1. The van der Waals surface area contributed by atoms with Crippen molar-refractivity contribution in [1.29, 1.82) is 0 Å². The summed E-state index contributed by atoms with van der Waals surface area (Å²) >= 11 is 0. The number of nitrogens with zero attached hydrogens (tertiary/aromatic N) is 5. The number of amides is 1. The Morgan fingerprint density at radius 3 is 2.90 bits per heavy atom. The maximum Gasteiger partial charge on any atom is 0.253 e. The average Bonchev–Trinajstić information content (AvgIpc) is 2.94. The van der Waals surface area contributed by atoms with E-state index in [-0.39, 0.29) is 5.91 Å². The fraction of sp³-hybridized carbons (Fsp3) is 0.357. The highest BCUT2D eigenvalue weighted by molar-refractivity contribution is 5.96. The quantitative estimate of drug-likeness (QED) is 0.817. The Bertz CT molecular complexity index is 678. The Morgan fingerprint density at radius 1 is 1.33 bits per heavy atom. The van der Waals surface area contributed by atoms with Crippen LogP contribution in [0.5, 0.6) is 0 Å². The van der Waals surface area contributed by atoms with Crippen molar-refractivity contribution >= 4 is 17.3 Å². The van der Waals surface area contributed by atoms with Gasteiger partial charge in [-0.1, -0.05) is 0 Å². The lowest BCUT2D eigenvalue weighted by molar-refractivity contribution is 0.0827. The second-order valence-electron chi connectivity index (χ2n) is 5.34. The third kappa shape index (κ3) is 2.42. The van der Waals surface area contributed by atoms with Gasteiger partial charge in [0, 0.05) is 32.7 Å². The number of hydrogen-bond acceptors (Lipinski definition) is 5. The molecule has 7 heteroatoms. The highest BCUT2D eigenvalue weighted by Crippen LogP contribution is 2.28. The van der Waals surface area contributed by atoms with Gasteiger partial charge in [-0.05, 0) is 18.2 Å². The van der Waals surface area contributed by atoms with E-state index in [1.54, 1.807) is 37.5 Å². The van der Waals surface area contributed by atoms with E-state index in [0.29, 0.717) is 17.8 Å². The number of benzene rings is 1. The predicted octanol–water partition coefficient (Wildman–Crippen LogP) is 0.582. The molecule has 0 spiro atoms. The molecule has 1 aliphatic heterocycles. The first kappa shape index (κ1) is 13.4. The number of rotatable bonds is 2. The smallest absolute Gasteiger partial charge is 0.253 e. The van der Waals surface area contributed by atoms with Crippen LogP contribution in [0.15, 0.2) is 24.5 Å². The van der Waals surface area contributed by atoms with Crippen LogP contribution in [0.3, 0.4) is 0 Å². The van der Waals surface area contributed by atoms with Crippen molar-refractivity contribution in [1.82, 2.24) is 19.7 Å². The van der Waals surface area contributed by atoms with Crippen molar-refractivity contribution in [3.05, 3.63) is 35.9 Å². The fourth-order valence-electron chi connectivity index (χ4n) is 2.48. The zero-order valence-corrected chi connectivity index (χ0v) is 12.2. The number of nitrogens with two attached hydrogens (primary N) is 1. The first-order valence-electron chi connectivity index (χ1n) is 6.79. The third-order valence-electron chi connectivity index (χ3n) is 3.66. The minimum absolute atomic E-state index is 0.0311. The number of nitrogen functional groups attached to an aromatic ring is 1. The molecule has 0 atom stereocenters. The van der Waals surface area contributed by atoms with Gasteiger partial charge in [0.25, 0.3) is 5.91 Å². The largest absolute Gasteiger partial charge is 0.397 e. The summed E-state index contributed by atoms with van der Waals surface area (Å²) in [4.78, 5) is 15.8. The molecule has 0 bridgehead atoms. The van der Waals surface area contributed by atoms with E-state index >= 15 is 0 Å². The molecule has 0 aliphatic carbocycles. The molecular formula is C14H18N6O. The minimum Gasteiger partial charge on any atom is -0.397 e. The highest BCUT2D eigenvalue weighted by atomic mass is 16.2.